The zero-order chi connectivity index (χ0) is 15.5. The summed E-state index contributed by atoms with van der Waals surface area (Å²) in [5.41, 5.74) is 1.17. The third-order valence-electron chi connectivity index (χ3n) is 3.56. The van der Waals surface area contributed by atoms with Gasteiger partial charge in [-0.2, -0.15) is 0 Å². The van der Waals surface area contributed by atoms with Crippen LogP contribution >= 0.6 is 0 Å². The van der Waals surface area contributed by atoms with Crippen LogP contribution in [0.15, 0.2) is 59.0 Å². The first-order valence-electron chi connectivity index (χ1n) is 7.15. The maximum Gasteiger partial charge on any atom is 0.225 e. The zero-order valence-electron chi connectivity index (χ0n) is 12.2. The van der Waals surface area contributed by atoms with Gasteiger partial charge in [0.2, 0.25) is 5.91 Å². The summed E-state index contributed by atoms with van der Waals surface area (Å²) >= 11 is 0. The molecule has 0 fully saturated rings. The van der Waals surface area contributed by atoms with Crippen LogP contribution in [0.5, 0.6) is 0 Å². The fourth-order valence-corrected chi connectivity index (χ4v) is 2.39. The molecule has 2 aromatic carbocycles. The van der Waals surface area contributed by atoms with Crippen molar-refractivity contribution in [1.29, 1.82) is 0 Å². The molecule has 1 heterocycles. The second kappa shape index (κ2) is 6.02. The van der Waals surface area contributed by atoms with E-state index in [1.807, 2.05) is 37.3 Å². The van der Waals surface area contributed by atoms with E-state index < -0.39 is 0 Å². The summed E-state index contributed by atoms with van der Waals surface area (Å²) in [7, 11) is 0. The second-order valence-corrected chi connectivity index (χ2v) is 5.24. The third-order valence-corrected chi connectivity index (χ3v) is 3.56. The number of hydrogen-bond acceptors (Lipinski definition) is 2. The molecule has 3 nitrogen and oxygen atoms in total. The molecule has 112 valence electrons. The molecule has 0 saturated heterocycles. The van der Waals surface area contributed by atoms with E-state index >= 15 is 0 Å². The van der Waals surface area contributed by atoms with Gasteiger partial charge in [-0.1, -0.05) is 36.4 Å². The van der Waals surface area contributed by atoms with Gasteiger partial charge in [0, 0.05) is 5.39 Å². The number of amides is 1. The number of benzene rings is 2. The van der Waals surface area contributed by atoms with Crippen molar-refractivity contribution in [2.75, 3.05) is 0 Å². The molecule has 1 N–H and O–H groups in total. The third kappa shape index (κ3) is 3.01. The minimum atomic E-state index is -0.367. The number of carbonyl (C=O) groups excluding carboxylic acids is 1. The maximum atomic E-state index is 13.6. The minimum absolute atomic E-state index is 0.0112. The van der Waals surface area contributed by atoms with Gasteiger partial charge in [0.25, 0.3) is 0 Å². The summed E-state index contributed by atoms with van der Waals surface area (Å²) in [6, 6.07) is 15.6. The molecule has 1 aromatic heterocycles. The molecule has 22 heavy (non-hydrogen) atoms. The van der Waals surface area contributed by atoms with Gasteiger partial charge in [0.05, 0.1) is 12.5 Å². The Kier molecular flexibility index (Phi) is 3.92. The Morgan fingerprint density at radius 3 is 2.68 bits per heavy atom. The van der Waals surface area contributed by atoms with Crippen LogP contribution in [0.3, 0.4) is 0 Å². The fourth-order valence-electron chi connectivity index (χ4n) is 2.39. The number of halogens is 1. The van der Waals surface area contributed by atoms with Gasteiger partial charge in [0.1, 0.15) is 17.2 Å². The van der Waals surface area contributed by atoms with Gasteiger partial charge in [0.15, 0.2) is 0 Å². The van der Waals surface area contributed by atoms with E-state index in [0.717, 1.165) is 11.0 Å². The maximum absolute atomic E-state index is 13.6. The Morgan fingerprint density at radius 2 is 1.91 bits per heavy atom. The first-order chi connectivity index (χ1) is 10.6. The first-order valence-corrected chi connectivity index (χ1v) is 7.15. The summed E-state index contributed by atoms with van der Waals surface area (Å²) in [6.45, 7) is 1.84. The van der Waals surface area contributed by atoms with E-state index in [0.29, 0.717) is 11.3 Å². The highest BCUT2D eigenvalue weighted by atomic mass is 19.1. The van der Waals surface area contributed by atoms with E-state index in [4.69, 9.17) is 4.42 Å². The van der Waals surface area contributed by atoms with Crippen LogP contribution in [0.25, 0.3) is 11.0 Å². The molecule has 1 atom stereocenters. The molecule has 0 unspecified atom stereocenters. The number of furan rings is 1. The van der Waals surface area contributed by atoms with E-state index in [9.17, 15) is 9.18 Å². The van der Waals surface area contributed by atoms with Crippen LogP contribution in [-0.4, -0.2) is 5.91 Å². The van der Waals surface area contributed by atoms with Crippen molar-refractivity contribution < 1.29 is 13.6 Å². The molecular formula is C18H16FNO2. The molecule has 0 aliphatic carbocycles. The summed E-state index contributed by atoms with van der Waals surface area (Å²) in [6.07, 6.45) is 0.0112. The Labute approximate surface area is 127 Å². The first kappa shape index (κ1) is 14.3. The molecule has 0 saturated carbocycles. The Hall–Kier alpha value is -2.62. The predicted molar refractivity (Wildman–Crippen MR) is 82.9 cm³/mol. The van der Waals surface area contributed by atoms with Gasteiger partial charge in [-0.3, -0.25) is 4.79 Å². The Balaban J connectivity index is 1.69. The average Bonchev–Trinajstić information content (AvgIpc) is 2.93. The lowest BCUT2D eigenvalue weighted by Gasteiger charge is -2.11. The van der Waals surface area contributed by atoms with Crippen molar-refractivity contribution in [1.82, 2.24) is 5.32 Å². The monoisotopic (exact) mass is 297 g/mol. The SMILES string of the molecule is C[C@H](NC(=O)Cc1ccccc1F)c1cc2ccccc2o1. The fraction of sp³-hybridized carbons (Fsp3) is 0.167. The topological polar surface area (TPSA) is 42.2 Å². The van der Waals surface area contributed by atoms with Gasteiger partial charge < -0.3 is 9.73 Å². The van der Waals surface area contributed by atoms with Gasteiger partial charge in [-0.15, -0.1) is 0 Å². The summed E-state index contributed by atoms with van der Waals surface area (Å²) in [4.78, 5) is 12.0. The lowest BCUT2D eigenvalue weighted by atomic mass is 10.1. The van der Waals surface area contributed by atoms with Crippen molar-refractivity contribution >= 4 is 16.9 Å². The number of hydrogen-bond donors (Lipinski definition) is 1. The standard InChI is InChI=1S/C18H16FNO2/c1-12(17-10-14-7-3-5-9-16(14)22-17)20-18(21)11-13-6-2-4-8-15(13)19/h2-10,12H,11H2,1H3,(H,20,21)/t12-/m0/s1. The van der Waals surface area contributed by atoms with Gasteiger partial charge >= 0.3 is 0 Å². The van der Waals surface area contributed by atoms with Gasteiger partial charge in [-0.05, 0) is 30.7 Å². The molecule has 0 radical (unpaired) electrons. The summed E-state index contributed by atoms with van der Waals surface area (Å²) in [5, 5.41) is 3.83. The van der Waals surface area contributed by atoms with Crippen LogP contribution in [0.2, 0.25) is 0 Å². The normalized spacial score (nSPS) is 12.3. The van der Waals surface area contributed by atoms with Crippen LogP contribution in [-0.2, 0) is 11.2 Å². The molecule has 0 bridgehead atoms. The minimum Gasteiger partial charge on any atom is -0.459 e. The lowest BCUT2D eigenvalue weighted by Crippen LogP contribution is -2.28. The number of para-hydroxylation sites is 1. The summed E-state index contributed by atoms with van der Waals surface area (Å²) < 4.78 is 19.3. The molecule has 3 aromatic rings. The largest absolute Gasteiger partial charge is 0.459 e. The molecule has 0 aliphatic rings. The van der Waals surface area contributed by atoms with E-state index in [1.54, 1.807) is 18.2 Å². The zero-order valence-corrected chi connectivity index (χ0v) is 12.2. The number of rotatable bonds is 4. The van der Waals surface area contributed by atoms with Gasteiger partial charge in [-0.25, -0.2) is 4.39 Å². The molecule has 3 rings (SSSR count). The molecule has 4 heteroatoms. The van der Waals surface area contributed by atoms with E-state index in [-0.39, 0.29) is 24.2 Å². The van der Waals surface area contributed by atoms with Crippen LogP contribution in [0.4, 0.5) is 4.39 Å². The summed E-state index contributed by atoms with van der Waals surface area (Å²) in [5.74, 6) is 0.0789. The number of carbonyl (C=O) groups is 1. The average molecular weight is 297 g/mol. The second-order valence-electron chi connectivity index (χ2n) is 5.24. The van der Waals surface area contributed by atoms with Crippen molar-refractivity contribution in [2.24, 2.45) is 0 Å². The number of fused-ring (bicyclic) bond motifs is 1. The smallest absolute Gasteiger partial charge is 0.225 e. The van der Waals surface area contributed by atoms with Crippen LogP contribution in [0.1, 0.15) is 24.3 Å². The predicted octanol–water partition coefficient (Wildman–Crippen LogP) is 3.99. The highest BCUT2D eigenvalue weighted by Gasteiger charge is 2.15. The Morgan fingerprint density at radius 1 is 1.18 bits per heavy atom. The highest BCUT2D eigenvalue weighted by Crippen LogP contribution is 2.23. The quantitative estimate of drug-likeness (QED) is 0.791. The molecule has 0 aliphatic heterocycles. The van der Waals surface area contributed by atoms with Crippen molar-refractivity contribution in [3.05, 3.63) is 71.7 Å². The van der Waals surface area contributed by atoms with Crippen molar-refractivity contribution in [2.45, 2.75) is 19.4 Å². The van der Waals surface area contributed by atoms with Crippen molar-refractivity contribution in [3.8, 4) is 0 Å². The van der Waals surface area contributed by atoms with E-state index in [1.165, 1.54) is 6.07 Å². The number of nitrogens with one attached hydrogen (secondary N) is 1. The Bertz CT molecular complexity index is 776. The van der Waals surface area contributed by atoms with Crippen molar-refractivity contribution in [3.63, 3.8) is 0 Å². The lowest BCUT2D eigenvalue weighted by molar-refractivity contribution is -0.121. The molecular weight excluding hydrogens is 281 g/mol. The molecule has 1 amide bonds. The molecule has 0 spiro atoms. The van der Waals surface area contributed by atoms with Crippen LogP contribution in [0, 0.1) is 5.82 Å². The van der Waals surface area contributed by atoms with Crippen LogP contribution < -0.4 is 5.32 Å². The van der Waals surface area contributed by atoms with E-state index in [2.05, 4.69) is 5.32 Å². The highest BCUT2D eigenvalue weighted by molar-refractivity contribution is 5.80.